The Bertz CT molecular complexity index is 880. The van der Waals surface area contributed by atoms with E-state index in [9.17, 15) is 4.79 Å². The smallest absolute Gasteiger partial charge is 0.412 e. The zero-order valence-electron chi connectivity index (χ0n) is 15.9. The zero-order chi connectivity index (χ0) is 19.4. The van der Waals surface area contributed by atoms with Crippen molar-refractivity contribution in [2.24, 2.45) is 0 Å². The summed E-state index contributed by atoms with van der Waals surface area (Å²) in [6.45, 7) is 5.52. The van der Waals surface area contributed by atoms with E-state index < -0.39 is 11.7 Å². The van der Waals surface area contributed by atoms with Gasteiger partial charge in [0.1, 0.15) is 23.2 Å². The number of carbonyl (C=O) groups excluding carboxylic acids is 1. The molecule has 0 spiro atoms. The summed E-state index contributed by atoms with van der Waals surface area (Å²) < 4.78 is 5.31. The lowest BCUT2D eigenvalue weighted by atomic mass is 9.87. The summed E-state index contributed by atoms with van der Waals surface area (Å²) in [5, 5.41) is 15.2. The Labute approximate surface area is 159 Å². The van der Waals surface area contributed by atoms with E-state index in [4.69, 9.17) is 10.00 Å². The number of pyridine rings is 1. The van der Waals surface area contributed by atoms with Gasteiger partial charge in [0.2, 0.25) is 0 Å². The third-order valence-electron chi connectivity index (χ3n) is 4.29. The summed E-state index contributed by atoms with van der Waals surface area (Å²) in [6.07, 6.45) is 2.54. The lowest BCUT2D eigenvalue weighted by molar-refractivity contribution is 0.0636. The predicted octanol–water partition coefficient (Wildman–Crippen LogP) is 4.79. The quantitative estimate of drug-likeness (QED) is 0.817. The summed E-state index contributed by atoms with van der Waals surface area (Å²) in [7, 11) is 0. The number of rotatable bonds is 3. The topological polar surface area (TPSA) is 87.0 Å². The molecular weight excluding hydrogens is 340 g/mol. The molecule has 0 fully saturated rings. The van der Waals surface area contributed by atoms with Crippen molar-refractivity contribution in [2.75, 3.05) is 10.6 Å². The molecule has 0 bridgehead atoms. The lowest BCUT2D eigenvalue weighted by Gasteiger charge is -2.27. The molecule has 0 saturated carbocycles. The van der Waals surface area contributed by atoms with Gasteiger partial charge in [-0.05, 0) is 75.4 Å². The normalized spacial score (nSPS) is 16.0. The molecule has 1 amide bonds. The van der Waals surface area contributed by atoms with Crippen LogP contribution < -0.4 is 10.6 Å². The average molecular weight is 364 g/mol. The molecule has 1 aliphatic carbocycles. The molecule has 1 aliphatic rings. The van der Waals surface area contributed by atoms with E-state index >= 15 is 0 Å². The summed E-state index contributed by atoms with van der Waals surface area (Å²) in [5.74, 6) is 0.697. The number of carbonyl (C=O) groups is 1. The van der Waals surface area contributed by atoms with E-state index in [2.05, 4.69) is 21.7 Å². The van der Waals surface area contributed by atoms with Gasteiger partial charge in [0, 0.05) is 5.69 Å². The van der Waals surface area contributed by atoms with E-state index in [0.717, 1.165) is 24.9 Å². The number of nitrogens with one attached hydrogen (secondary N) is 2. The Morgan fingerprint density at radius 3 is 2.85 bits per heavy atom. The molecule has 3 rings (SSSR count). The molecule has 1 aromatic heterocycles. The van der Waals surface area contributed by atoms with Crippen LogP contribution in [0.3, 0.4) is 0 Å². The SMILES string of the molecule is CC(C)(C)OC(=O)Nc1ccc2c(c1)CCCC2Nc1cccc(C#N)n1. The van der Waals surface area contributed by atoms with E-state index in [-0.39, 0.29) is 6.04 Å². The third-order valence-corrected chi connectivity index (χ3v) is 4.29. The highest BCUT2D eigenvalue weighted by atomic mass is 16.6. The van der Waals surface area contributed by atoms with Crippen LogP contribution in [0.25, 0.3) is 0 Å². The summed E-state index contributed by atoms with van der Waals surface area (Å²) in [5.41, 5.74) is 2.99. The number of amides is 1. The third kappa shape index (κ3) is 4.98. The van der Waals surface area contributed by atoms with E-state index in [1.165, 1.54) is 11.1 Å². The molecule has 1 aromatic carbocycles. The molecule has 6 nitrogen and oxygen atoms in total. The molecule has 1 heterocycles. The fourth-order valence-electron chi connectivity index (χ4n) is 3.22. The first-order valence-electron chi connectivity index (χ1n) is 9.10. The van der Waals surface area contributed by atoms with Crippen molar-refractivity contribution in [3.05, 3.63) is 53.2 Å². The average Bonchev–Trinajstić information content (AvgIpc) is 2.60. The van der Waals surface area contributed by atoms with Crippen LogP contribution >= 0.6 is 0 Å². The van der Waals surface area contributed by atoms with Crippen LogP contribution in [-0.4, -0.2) is 16.7 Å². The number of hydrogen-bond donors (Lipinski definition) is 2. The Morgan fingerprint density at radius 2 is 2.11 bits per heavy atom. The van der Waals surface area contributed by atoms with Crippen molar-refractivity contribution >= 4 is 17.6 Å². The van der Waals surface area contributed by atoms with Gasteiger partial charge in [-0.3, -0.25) is 5.32 Å². The number of fused-ring (bicyclic) bond motifs is 1. The molecule has 0 saturated heterocycles. The van der Waals surface area contributed by atoms with Crippen molar-refractivity contribution in [3.63, 3.8) is 0 Å². The van der Waals surface area contributed by atoms with Crippen LogP contribution in [0.5, 0.6) is 0 Å². The van der Waals surface area contributed by atoms with Gasteiger partial charge >= 0.3 is 6.09 Å². The van der Waals surface area contributed by atoms with Crippen molar-refractivity contribution < 1.29 is 9.53 Å². The van der Waals surface area contributed by atoms with E-state index in [1.807, 2.05) is 51.1 Å². The van der Waals surface area contributed by atoms with Gasteiger partial charge in [0.25, 0.3) is 0 Å². The second-order valence-electron chi connectivity index (χ2n) is 7.65. The predicted molar refractivity (Wildman–Crippen MR) is 105 cm³/mol. The van der Waals surface area contributed by atoms with E-state index in [0.29, 0.717) is 11.5 Å². The summed E-state index contributed by atoms with van der Waals surface area (Å²) >= 11 is 0. The van der Waals surface area contributed by atoms with Gasteiger partial charge in [-0.15, -0.1) is 0 Å². The zero-order valence-corrected chi connectivity index (χ0v) is 15.9. The molecule has 1 atom stereocenters. The van der Waals surface area contributed by atoms with Crippen molar-refractivity contribution in [2.45, 2.75) is 51.7 Å². The first-order chi connectivity index (χ1) is 12.8. The number of benzene rings is 1. The van der Waals surface area contributed by atoms with Crippen LogP contribution in [-0.2, 0) is 11.2 Å². The molecular formula is C21H24N4O2. The second-order valence-corrected chi connectivity index (χ2v) is 7.65. The fraction of sp³-hybridized carbons (Fsp3) is 0.381. The highest BCUT2D eigenvalue weighted by Crippen LogP contribution is 2.33. The van der Waals surface area contributed by atoms with Gasteiger partial charge in [0.05, 0.1) is 6.04 Å². The monoisotopic (exact) mass is 364 g/mol. The molecule has 6 heteroatoms. The molecule has 27 heavy (non-hydrogen) atoms. The molecule has 2 aromatic rings. The van der Waals surface area contributed by atoms with Crippen LogP contribution in [0.4, 0.5) is 16.3 Å². The van der Waals surface area contributed by atoms with Gasteiger partial charge in [0.15, 0.2) is 0 Å². The molecule has 2 N–H and O–H groups in total. The maximum atomic E-state index is 12.0. The van der Waals surface area contributed by atoms with Gasteiger partial charge in [-0.2, -0.15) is 5.26 Å². The highest BCUT2D eigenvalue weighted by molar-refractivity contribution is 5.85. The van der Waals surface area contributed by atoms with Crippen LogP contribution in [0.1, 0.15) is 56.5 Å². The minimum atomic E-state index is -0.529. The fourth-order valence-corrected chi connectivity index (χ4v) is 3.22. The number of nitriles is 1. The Kier molecular flexibility index (Phi) is 5.31. The molecule has 140 valence electrons. The number of aromatic nitrogens is 1. The number of anilines is 2. The maximum absolute atomic E-state index is 12.0. The Morgan fingerprint density at radius 1 is 1.30 bits per heavy atom. The minimum Gasteiger partial charge on any atom is -0.444 e. The van der Waals surface area contributed by atoms with Crippen molar-refractivity contribution in [1.29, 1.82) is 5.26 Å². The van der Waals surface area contributed by atoms with Crippen LogP contribution in [0, 0.1) is 11.3 Å². The first kappa shape index (κ1) is 18.7. The summed E-state index contributed by atoms with van der Waals surface area (Å²) in [4.78, 5) is 16.3. The van der Waals surface area contributed by atoms with Gasteiger partial charge in [-0.1, -0.05) is 12.1 Å². The minimum absolute atomic E-state index is 0.130. The van der Waals surface area contributed by atoms with Crippen molar-refractivity contribution in [3.8, 4) is 6.07 Å². The number of ether oxygens (including phenoxy) is 1. The van der Waals surface area contributed by atoms with Crippen LogP contribution in [0.15, 0.2) is 36.4 Å². The van der Waals surface area contributed by atoms with Gasteiger partial charge < -0.3 is 10.1 Å². The number of nitrogens with zero attached hydrogens (tertiary/aromatic N) is 2. The molecule has 1 unspecified atom stereocenters. The van der Waals surface area contributed by atoms with Crippen LogP contribution in [0.2, 0.25) is 0 Å². The molecule has 0 aliphatic heterocycles. The largest absolute Gasteiger partial charge is 0.444 e. The Balaban J connectivity index is 1.74. The summed E-state index contributed by atoms with van der Waals surface area (Å²) in [6, 6.07) is 13.5. The Hall–Kier alpha value is -3.07. The maximum Gasteiger partial charge on any atom is 0.412 e. The van der Waals surface area contributed by atoms with E-state index in [1.54, 1.807) is 6.07 Å². The highest BCUT2D eigenvalue weighted by Gasteiger charge is 2.22. The van der Waals surface area contributed by atoms with Gasteiger partial charge in [-0.25, -0.2) is 9.78 Å². The lowest BCUT2D eigenvalue weighted by Crippen LogP contribution is -2.27. The molecule has 0 radical (unpaired) electrons. The number of hydrogen-bond acceptors (Lipinski definition) is 5. The first-order valence-corrected chi connectivity index (χ1v) is 9.10. The number of aryl methyl sites for hydroxylation is 1. The second kappa shape index (κ2) is 7.67. The van der Waals surface area contributed by atoms with Crippen molar-refractivity contribution in [1.82, 2.24) is 4.98 Å². The standard InChI is InChI=1S/C21H24N4O2/c1-21(2,3)27-20(26)24-15-10-11-17-14(12-15)6-4-8-18(17)25-19-9-5-7-16(13-22)23-19/h5,7,9-12,18H,4,6,8H2,1-3H3,(H,23,25)(H,24,26).